The predicted octanol–water partition coefficient (Wildman–Crippen LogP) is 2.86. The number of allylic oxidation sites excluding steroid dienone is 1. The van der Waals surface area contributed by atoms with Crippen molar-refractivity contribution in [1.82, 2.24) is 0 Å². The summed E-state index contributed by atoms with van der Waals surface area (Å²) in [5.74, 6) is -0.778. The number of aliphatic carboxylic acids is 1. The summed E-state index contributed by atoms with van der Waals surface area (Å²) in [7, 11) is 1.61. The van der Waals surface area contributed by atoms with Gasteiger partial charge in [-0.05, 0) is 19.3 Å². The predicted molar refractivity (Wildman–Crippen MR) is 60.9 cm³/mol. The third-order valence-electron chi connectivity index (χ3n) is 2.73. The van der Waals surface area contributed by atoms with Gasteiger partial charge in [-0.2, -0.15) is 0 Å². The number of hydrogen-bond donors (Lipinski definition) is 1. The Bertz CT molecular complexity index is 225. The Morgan fingerprint density at radius 1 is 1.27 bits per heavy atom. The number of carbonyl (C=O) groups is 1. The first-order chi connectivity index (χ1) is 7.12. The van der Waals surface area contributed by atoms with E-state index in [1.807, 2.05) is 20.8 Å². The zero-order valence-electron chi connectivity index (χ0n) is 10.2. The van der Waals surface area contributed by atoms with Gasteiger partial charge >= 0.3 is 5.97 Å². The Hall–Kier alpha value is -0.830. The van der Waals surface area contributed by atoms with Crippen LogP contribution in [0.4, 0.5) is 0 Å². The molecule has 0 bridgehead atoms. The van der Waals surface area contributed by atoms with Crippen LogP contribution in [0.3, 0.4) is 0 Å². The van der Waals surface area contributed by atoms with Crippen LogP contribution in [-0.4, -0.2) is 24.8 Å². The second-order valence-corrected chi connectivity index (χ2v) is 3.59. The number of rotatable bonds is 7. The molecule has 15 heavy (non-hydrogen) atoms. The number of carboxylic acid groups (broad SMARTS) is 1. The van der Waals surface area contributed by atoms with E-state index >= 15 is 0 Å². The maximum Gasteiger partial charge on any atom is 0.331 e. The number of ether oxygens (including phenoxy) is 1. The molecule has 3 heteroatoms. The molecule has 1 N–H and O–H groups in total. The van der Waals surface area contributed by atoms with Crippen molar-refractivity contribution in [3.05, 3.63) is 11.1 Å². The first-order valence-corrected chi connectivity index (χ1v) is 5.56. The normalized spacial score (nSPS) is 12.3. The fraction of sp³-hybridized carbons (Fsp3) is 0.750. The van der Waals surface area contributed by atoms with Gasteiger partial charge in [0.1, 0.15) is 0 Å². The Labute approximate surface area is 92.1 Å². The lowest BCUT2D eigenvalue weighted by Gasteiger charge is -2.18. The zero-order valence-corrected chi connectivity index (χ0v) is 10.2. The zero-order chi connectivity index (χ0) is 11.8. The van der Waals surface area contributed by atoms with Crippen molar-refractivity contribution in [1.29, 1.82) is 0 Å². The molecule has 1 atom stereocenters. The molecule has 0 aliphatic heterocycles. The molecule has 0 spiro atoms. The van der Waals surface area contributed by atoms with Crippen molar-refractivity contribution >= 4 is 5.97 Å². The van der Waals surface area contributed by atoms with E-state index in [1.165, 1.54) is 0 Å². The molecule has 0 heterocycles. The first kappa shape index (κ1) is 14.2. The molecule has 3 nitrogen and oxygen atoms in total. The lowest BCUT2D eigenvalue weighted by Crippen LogP contribution is -2.19. The van der Waals surface area contributed by atoms with Gasteiger partial charge in [0.05, 0.1) is 6.61 Å². The molecule has 0 saturated carbocycles. The van der Waals surface area contributed by atoms with Crippen LogP contribution in [0.15, 0.2) is 11.1 Å². The second kappa shape index (κ2) is 7.46. The van der Waals surface area contributed by atoms with Crippen LogP contribution in [0.5, 0.6) is 0 Å². The minimum atomic E-state index is -0.794. The summed E-state index contributed by atoms with van der Waals surface area (Å²) in [5, 5.41) is 9.22. The Morgan fingerprint density at radius 2 is 1.80 bits per heavy atom. The third kappa shape index (κ3) is 4.04. The molecule has 88 valence electrons. The van der Waals surface area contributed by atoms with Crippen molar-refractivity contribution in [3.8, 4) is 0 Å². The van der Waals surface area contributed by atoms with Gasteiger partial charge in [0.25, 0.3) is 0 Å². The summed E-state index contributed by atoms with van der Waals surface area (Å²) in [6, 6.07) is 0. The van der Waals surface area contributed by atoms with E-state index in [-0.39, 0.29) is 5.92 Å². The maximum absolute atomic E-state index is 11.2. The highest BCUT2D eigenvalue weighted by Gasteiger charge is 2.21. The molecular formula is C12H22O3. The Kier molecular flexibility index (Phi) is 7.05. The number of hydrogen-bond acceptors (Lipinski definition) is 2. The molecule has 0 saturated heterocycles. The highest BCUT2D eigenvalue weighted by Crippen LogP contribution is 2.23. The molecule has 0 aromatic carbocycles. The molecule has 0 fully saturated rings. The van der Waals surface area contributed by atoms with E-state index in [0.717, 1.165) is 24.8 Å². The van der Waals surface area contributed by atoms with Gasteiger partial charge in [-0.3, -0.25) is 0 Å². The van der Waals surface area contributed by atoms with Crippen molar-refractivity contribution in [2.45, 2.75) is 40.0 Å². The van der Waals surface area contributed by atoms with Crippen LogP contribution in [-0.2, 0) is 9.53 Å². The van der Waals surface area contributed by atoms with Crippen LogP contribution >= 0.6 is 0 Å². The molecule has 0 aliphatic rings. The van der Waals surface area contributed by atoms with Gasteiger partial charge in [0.2, 0.25) is 0 Å². The molecule has 0 amide bonds. The summed E-state index contributed by atoms with van der Waals surface area (Å²) in [4.78, 5) is 11.2. The topological polar surface area (TPSA) is 46.5 Å². The number of methoxy groups -OCH3 is 1. The molecule has 0 rings (SSSR count). The summed E-state index contributed by atoms with van der Waals surface area (Å²) < 4.78 is 5.07. The SMILES string of the molecule is CCC(CC)=C(C(=O)O)C(CC)COC. The van der Waals surface area contributed by atoms with Crippen molar-refractivity contribution < 1.29 is 14.6 Å². The standard InChI is InChI=1S/C12H22O3/c1-5-9(6-2)11(12(13)14)10(7-3)8-15-4/h10H,5-8H2,1-4H3,(H,13,14). The van der Waals surface area contributed by atoms with Crippen LogP contribution < -0.4 is 0 Å². The van der Waals surface area contributed by atoms with E-state index in [9.17, 15) is 9.90 Å². The van der Waals surface area contributed by atoms with Gasteiger partial charge in [0.15, 0.2) is 0 Å². The average Bonchev–Trinajstić information content (AvgIpc) is 2.22. The Morgan fingerprint density at radius 3 is 2.07 bits per heavy atom. The van der Waals surface area contributed by atoms with E-state index < -0.39 is 5.97 Å². The van der Waals surface area contributed by atoms with Crippen molar-refractivity contribution in [3.63, 3.8) is 0 Å². The highest BCUT2D eigenvalue weighted by molar-refractivity contribution is 5.88. The van der Waals surface area contributed by atoms with Gasteiger partial charge in [0, 0.05) is 18.6 Å². The van der Waals surface area contributed by atoms with Crippen LogP contribution in [0, 0.1) is 5.92 Å². The molecular weight excluding hydrogens is 192 g/mol. The van der Waals surface area contributed by atoms with Crippen LogP contribution in [0.25, 0.3) is 0 Å². The van der Waals surface area contributed by atoms with Crippen LogP contribution in [0.2, 0.25) is 0 Å². The molecule has 0 aromatic heterocycles. The lowest BCUT2D eigenvalue weighted by atomic mass is 9.90. The monoisotopic (exact) mass is 214 g/mol. The fourth-order valence-electron chi connectivity index (χ4n) is 1.85. The summed E-state index contributed by atoms with van der Waals surface area (Å²) >= 11 is 0. The van der Waals surface area contributed by atoms with Gasteiger partial charge < -0.3 is 9.84 Å². The van der Waals surface area contributed by atoms with E-state index in [4.69, 9.17) is 4.74 Å². The minimum absolute atomic E-state index is 0.0161. The van der Waals surface area contributed by atoms with Gasteiger partial charge in [-0.15, -0.1) is 0 Å². The quantitative estimate of drug-likeness (QED) is 0.663. The lowest BCUT2D eigenvalue weighted by molar-refractivity contribution is -0.133. The maximum atomic E-state index is 11.2. The van der Waals surface area contributed by atoms with Gasteiger partial charge in [-0.25, -0.2) is 4.79 Å². The fourth-order valence-corrected chi connectivity index (χ4v) is 1.85. The first-order valence-electron chi connectivity index (χ1n) is 5.56. The second-order valence-electron chi connectivity index (χ2n) is 3.59. The summed E-state index contributed by atoms with van der Waals surface area (Å²) in [5.41, 5.74) is 1.59. The van der Waals surface area contributed by atoms with E-state index in [0.29, 0.717) is 12.2 Å². The van der Waals surface area contributed by atoms with Gasteiger partial charge in [-0.1, -0.05) is 26.3 Å². The molecule has 0 aliphatic carbocycles. The largest absolute Gasteiger partial charge is 0.478 e. The number of carboxylic acids is 1. The summed E-state index contributed by atoms with van der Waals surface area (Å²) in [6.07, 6.45) is 2.41. The third-order valence-corrected chi connectivity index (χ3v) is 2.73. The summed E-state index contributed by atoms with van der Waals surface area (Å²) in [6.45, 7) is 6.49. The minimum Gasteiger partial charge on any atom is -0.478 e. The highest BCUT2D eigenvalue weighted by atomic mass is 16.5. The molecule has 1 unspecified atom stereocenters. The average molecular weight is 214 g/mol. The van der Waals surface area contributed by atoms with Crippen LogP contribution in [0.1, 0.15) is 40.0 Å². The Balaban J connectivity index is 5.07. The van der Waals surface area contributed by atoms with Crippen molar-refractivity contribution in [2.75, 3.05) is 13.7 Å². The smallest absolute Gasteiger partial charge is 0.331 e. The van der Waals surface area contributed by atoms with E-state index in [1.54, 1.807) is 7.11 Å². The molecule has 0 radical (unpaired) electrons. The molecule has 0 aromatic rings. The van der Waals surface area contributed by atoms with Crippen molar-refractivity contribution in [2.24, 2.45) is 5.92 Å². The van der Waals surface area contributed by atoms with E-state index in [2.05, 4.69) is 0 Å².